The first kappa shape index (κ1) is 15.2. The zero-order chi connectivity index (χ0) is 16.6. The van der Waals surface area contributed by atoms with Crippen LogP contribution < -0.4 is 5.32 Å². The van der Waals surface area contributed by atoms with Gasteiger partial charge in [-0.25, -0.2) is 0 Å². The maximum absolute atomic E-state index is 12.7. The molecule has 3 heterocycles. The summed E-state index contributed by atoms with van der Waals surface area (Å²) in [5, 5.41) is 10.7. The fourth-order valence-electron chi connectivity index (χ4n) is 2.56. The molecular weight excluding hydrogens is 300 g/mol. The van der Waals surface area contributed by atoms with E-state index in [-0.39, 0.29) is 18.2 Å². The van der Waals surface area contributed by atoms with Gasteiger partial charge in [-0.05, 0) is 19.9 Å². The van der Waals surface area contributed by atoms with Crippen LogP contribution in [0.5, 0.6) is 0 Å². The highest BCUT2D eigenvalue weighted by molar-refractivity contribution is 5.97. The molecule has 23 heavy (non-hydrogen) atoms. The van der Waals surface area contributed by atoms with E-state index in [1.54, 1.807) is 24.7 Å². The molecule has 2 aromatic rings. The van der Waals surface area contributed by atoms with Gasteiger partial charge in [0, 0.05) is 25.8 Å². The van der Waals surface area contributed by atoms with Crippen molar-refractivity contribution >= 4 is 11.8 Å². The summed E-state index contributed by atoms with van der Waals surface area (Å²) in [7, 11) is 1.77. The summed E-state index contributed by atoms with van der Waals surface area (Å²) in [4.78, 5) is 30.5. The van der Waals surface area contributed by atoms with E-state index in [1.807, 2.05) is 6.92 Å². The van der Waals surface area contributed by atoms with Crippen molar-refractivity contribution in [3.05, 3.63) is 29.2 Å². The third-order valence-corrected chi connectivity index (χ3v) is 3.86. The fraction of sp³-hybridized carbons (Fsp3) is 0.500. The minimum absolute atomic E-state index is 0.185. The average molecular weight is 318 g/mol. The smallest absolute Gasteiger partial charge is 0.275 e. The second-order valence-electron chi connectivity index (χ2n) is 5.54. The standard InChI is InChI=1S/C14H18N6O3/c1-8-6-10(17-19(8)3)14(22)20-5-4-15-13(21)11(20)7-12-16-9(2)18-23-12/h6,11H,4-5,7H2,1-3H3,(H,15,21). The predicted octanol–water partition coefficient (Wildman–Crippen LogP) is -0.397. The Hall–Kier alpha value is -2.71. The van der Waals surface area contributed by atoms with Crippen LogP contribution in [-0.4, -0.2) is 55.8 Å². The largest absolute Gasteiger partial charge is 0.353 e. The van der Waals surface area contributed by atoms with Crippen LogP contribution >= 0.6 is 0 Å². The summed E-state index contributed by atoms with van der Waals surface area (Å²) < 4.78 is 6.71. The molecule has 2 amide bonds. The van der Waals surface area contributed by atoms with Crippen molar-refractivity contribution in [2.45, 2.75) is 26.3 Å². The SMILES string of the molecule is Cc1noc(CC2C(=O)NCCN2C(=O)c2cc(C)n(C)n2)n1. The molecule has 122 valence electrons. The molecule has 0 aliphatic carbocycles. The Kier molecular flexibility index (Phi) is 3.85. The molecule has 0 radical (unpaired) electrons. The molecule has 1 unspecified atom stereocenters. The van der Waals surface area contributed by atoms with Crippen molar-refractivity contribution in [3.8, 4) is 0 Å². The molecule has 1 aliphatic rings. The number of rotatable bonds is 3. The molecule has 3 rings (SSSR count). The average Bonchev–Trinajstić information content (AvgIpc) is 3.07. The second kappa shape index (κ2) is 5.82. The topological polar surface area (TPSA) is 106 Å². The molecule has 1 atom stereocenters. The van der Waals surface area contributed by atoms with Crippen molar-refractivity contribution in [2.24, 2.45) is 7.05 Å². The molecule has 0 bridgehead atoms. The van der Waals surface area contributed by atoms with Crippen molar-refractivity contribution in [3.63, 3.8) is 0 Å². The minimum Gasteiger partial charge on any atom is -0.353 e. The van der Waals surface area contributed by atoms with Crippen LogP contribution in [0.15, 0.2) is 10.6 Å². The van der Waals surface area contributed by atoms with Gasteiger partial charge in [0.25, 0.3) is 5.91 Å². The van der Waals surface area contributed by atoms with E-state index in [4.69, 9.17) is 4.52 Å². The number of carbonyl (C=O) groups excluding carboxylic acids is 2. The lowest BCUT2D eigenvalue weighted by atomic mass is 10.1. The van der Waals surface area contributed by atoms with Crippen molar-refractivity contribution in [1.29, 1.82) is 0 Å². The molecule has 1 fully saturated rings. The number of nitrogens with one attached hydrogen (secondary N) is 1. The van der Waals surface area contributed by atoms with E-state index in [9.17, 15) is 9.59 Å². The second-order valence-corrected chi connectivity index (χ2v) is 5.54. The molecule has 2 aromatic heterocycles. The maximum Gasteiger partial charge on any atom is 0.275 e. The van der Waals surface area contributed by atoms with Gasteiger partial charge >= 0.3 is 0 Å². The molecule has 0 aromatic carbocycles. The van der Waals surface area contributed by atoms with E-state index < -0.39 is 6.04 Å². The van der Waals surface area contributed by atoms with Gasteiger partial charge in [-0.15, -0.1) is 0 Å². The van der Waals surface area contributed by atoms with E-state index in [0.717, 1.165) is 5.69 Å². The van der Waals surface area contributed by atoms with Gasteiger partial charge in [-0.3, -0.25) is 14.3 Å². The summed E-state index contributed by atoms with van der Waals surface area (Å²) in [5.74, 6) is 0.326. The number of amides is 2. The van der Waals surface area contributed by atoms with Gasteiger partial charge in [0.05, 0.1) is 6.42 Å². The van der Waals surface area contributed by atoms with Crippen LogP contribution in [0.3, 0.4) is 0 Å². The highest BCUT2D eigenvalue weighted by Crippen LogP contribution is 2.15. The minimum atomic E-state index is -0.682. The van der Waals surface area contributed by atoms with E-state index in [2.05, 4.69) is 20.6 Å². The van der Waals surface area contributed by atoms with Crippen molar-refractivity contribution in [1.82, 2.24) is 30.1 Å². The Morgan fingerprint density at radius 2 is 2.26 bits per heavy atom. The molecule has 9 nitrogen and oxygen atoms in total. The normalized spacial score (nSPS) is 18.1. The summed E-state index contributed by atoms with van der Waals surface area (Å²) in [5.41, 5.74) is 1.20. The fourth-order valence-corrected chi connectivity index (χ4v) is 2.56. The summed E-state index contributed by atoms with van der Waals surface area (Å²) in [6, 6.07) is 1.03. The molecule has 9 heteroatoms. The Morgan fingerprint density at radius 1 is 1.48 bits per heavy atom. The highest BCUT2D eigenvalue weighted by atomic mass is 16.5. The van der Waals surface area contributed by atoms with E-state index in [1.165, 1.54) is 4.90 Å². The van der Waals surface area contributed by atoms with Crippen LogP contribution in [-0.2, 0) is 18.3 Å². The molecule has 0 saturated carbocycles. The van der Waals surface area contributed by atoms with E-state index in [0.29, 0.717) is 30.5 Å². The third-order valence-electron chi connectivity index (χ3n) is 3.86. The Bertz CT molecular complexity index is 730. The molecule has 0 spiro atoms. The van der Waals surface area contributed by atoms with Crippen LogP contribution in [0.25, 0.3) is 0 Å². The highest BCUT2D eigenvalue weighted by Gasteiger charge is 2.35. The monoisotopic (exact) mass is 318 g/mol. The number of carbonyl (C=O) groups is 2. The first-order valence-corrected chi connectivity index (χ1v) is 7.34. The third kappa shape index (κ3) is 2.94. The van der Waals surface area contributed by atoms with E-state index >= 15 is 0 Å². The molecule has 1 saturated heterocycles. The van der Waals surface area contributed by atoms with Crippen molar-refractivity contribution in [2.75, 3.05) is 13.1 Å². The van der Waals surface area contributed by atoms with Crippen LogP contribution in [0.1, 0.15) is 27.9 Å². The summed E-state index contributed by atoms with van der Waals surface area (Å²) >= 11 is 0. The maximum atomic E-state index is 12.7. The quantitative estimate of drug-likeness (QED) is 0.825. The van der Waals surface area contributed by atoms with Crippen LogP contribution in [0, 0.1) is 13.8 Å². The zero-order valence-electron chi connectivity index (χ0n) is 13.2. The van der Waals surface area contributed by atoms with Gasteiger partial charge in [0.1, 0.15) is 6.04 Å². The van der Waals surface area contributed by atoms with Crippen molar-refractivity contribution < 1.29 is 14.1 Å². The zero-order valence-corrected chi connectivity index (χ0v) is 13.2. The van der Waals surface area contributed by atoms with Crippen LogP contribution in [0.2, 0.25) is 0 Å². The van der Waals surface area contributed by atoms with Gasteiger partial charge in [-0.2, -0.15) is 10.1 Å². The number of hydrogen-bond donors (Lipinski definition) is 1. The Labute approximate surface area is 132 Å². The first-order valence-electron chi connectivity index (χ1n) is 7.34. The Balaban J connectivity index is 1.85. The molecule has 1 aliphatic heterocycles. The van der Waals surface area contributed by atoms with Gasteiger partial charge in [-0.1, -0.05) is 5.16 Å². The van der Waals surface area contributed by atoms with Gasteiger partial charge in [0.15, 0.2) is 11.5 Å². The van der Waals surface area contributed by atoms with Crippen LogP contribution in [0.4, 0.5) is 0 Å². The number of hydrogen-bond acceptors (Lipinski definition) is 6. The van der Waals surface area contributed by atoms with Gasteiger partial charge in [0.2, 0.25) is 11.8 Å². The summed E-state index contributed by atoms with van der Waals surface area (Å²) in [6.45, 7) is 4.40. The molecular formula is C14H18N6O3. The van der Waals surface area contributed by atoms with Gasteiger partial charge < -0.3 is 14.7 Å². The predicted molar refractivity (Wildman–Crippen MR) is 78.5 cm³/mol. The number of piperazine rings is 1. The lowest BCUT2D eigenvalue weighted by molar-refractivity contribution is -0.128. The lowest BCUT2D eigenvalue weighted by Gasteiger charge is -2.33. The molecule has 1 N–H and O–H groups in total. The Morgan fingerprint density at radius 3 is 2.87 bits per heavy atom. The number of aryl methyl sites for hydroxylation is 3. The summed E-state index contributed by atoms with van der Waals surface area (Å²) in [6.07, 6.45) is 0.185. The lowest BCUT2D eigenvalue weighted by Crippen LogP contribution is -2.58. The number of nitrogens with zero attached hydrogens (tertiary/aromatic N) is 5. The number of aromatic nitrogens is 4. The first-order chi connectivity index (χ1) is 11.0.